The predicted molar refractivity (Wildman–Crippen MR) is 96.3 cm³/mol. The molecule has 1 heterocycles. The molecule has 2 aromatic rings. The maximum Gasteiger partial charge on any atom is 0.341 e. The maximum absolute atomic E-state index is 12.9. The summed E-state index contributed by atoms with van der Waals surface area (Å²) in [6.45, 7) is 0.945. The smallest absolute Gasteiger partial charge is 0.341 e. The molecule has 3 rings (SSSR count). The number of benzene rings is 1. The Morgan fingerprint density at radius 3 is 2.54 bits per heavy atom. The second-order valence-corrected chi connectivity index (χ2v) is 7.21. The first-order chi connectivity index (χ1) is 12.5. The molecular formula is C19H18FNO4S. The summed E-state index contributed by atoms with van der Waals surface area (Å²) in [5.74, 6) is -1.74. The number of esters is 1. The minimum atomic E-state index is -0.622. The first-order valence-electron chi connectivity index (χ1n) is 8.33. The Balaban J connectivity index is 1.76. The number of ketones is 1. The van der Waals surface area contributed by atoms with Gasteiger partial charge in [0.25, 0.3) is 0 Å². The SMILES string of the molecule is CC(=O)Nc1sc2c(c1C(=O)OCC(=O)c1ccc(F)cc1)CCCC2. The van der Waals surface area contributed by atoms with Crippen LogP contribution in [-0.4, -0.2) is 24.3 Å². The Hall–Kier alpha value is -2.54. The molecule has 0 aliphatic heterocycles. The quantitative estimate of drug-likeness (QED) is 0.638. The summed E-state index contributed by atoms with van der Waals surface area (Å²) in [7, 11) is 0. The van der Waals surface area contributed by atoms with Crippen LogP contribution < -0.4 is 5.32 Å². The molecule has 0 radical (unpaired) electrons. The fourth-order valence-corrected chi connectivity index (χ4v) is 4.28. The van der Waals surface area contributed by atoms with E-state index >= 15 is 0 Å². The molecule has 1 aliphatic rings. The van der Waals surface area contributed by atoms with E-state index in [-0.39, 0.29) is 11.5 Å². The zero-order chi connectivity index (χ0) is 18.7. The van der Waals surface area contributed by atoms with Crippen LogP contribution in [0.5, 0.6) is 0 Å². The fourth-order valence-electron chi connectivity index (χ4n) is 2.95. The van der Waals surface area contributed by atoms with Crippen LogP contribution >= 0.6 is 11.3 Å². The Kier molecular flexibility index (Phi) is 5.46. The summed E-state index contributed by atoms with van der Waals surface area (Å²) in [6.07, 6.45) is 3.64. The van der Waals surface area contributed by atoms with Gasteiger partial charge >= 0.3 is 5.97 Å². The number of fused-ring (bicyclic) bond motifs is 1. The van der Waals surface area contributed by atoms with Crippen molar-refractivity contribution < 1.29 is 23.5 Å². The lowest BCUT2D eigenvalue weighted by Crippen LogP contribution is -2.17. The van der Waals surface area contributed by atoms with E-state index in [1.165, 1.54) is 42.5 Å². The molecule has 1 aromatic heterocycles. The van der Waals surface area contributed by atoms with E-state index in [9.17, 15) is 18.8 Å². The van der Waals surface area contributed by atoms with Crippen LogP contribution in [0.4, 0.5) is 9.39 Å². The van der Waals surface area contributed by atoms with Crippen molar-refractivity contribution in [3.63, 3.8) is 0 Å². The number of carbonyl (C=O) groups is 3. The van der Waals surface area contributed by atoms with E-state index in [1.807, 2.05) is 0 Å². The van der Waals surface area contributed by atoms with Gasteiger partial charge in [0.1, 0.15) is 10.8 Å². The lowest BCUT2D eigenvalue weighted by Gasteiger charge is -2.12. The van der Waals surface area contributed by atoms with Crippen molar-refractivity contribution in [1.82, 2.24) is 0 Å². The summed E-state index contributed by atoms with van der Waals surface area (Å²) >= 11 is 1.39. The molecule has 0 spiro atoms. The molecule has 1 amide bonds. The normalized spacial score (nSPS) is 13.0. The molecule has 26 heavy (non-hydrogen) atoms. The monoisotopic (exact) mass is 375 g/mol. The first-order valence-corrected chi connectivity index (χ1v) is 9.15. The zero-order valence-corrected chi connectivity index (χ0v) is 15.1. The summed E-state index contributed by atoms with van der Waals surface area (Å²) < 4.78 is 18.1. The molecule has 1 N–H and O–H groups in total. The van der Waals surface area contributed by atoms with Gasteiger partial charge in [0, 0.05) is 17.4 Å². The fraction of sp³-hybridized carbons (Fsp3) is 0.316. The standard InChI is InChI=1S/C19H18FNO4S/c1-11(22)21-18-17(14-4-2-3-5-16(14)26-18)19(24)25-10-15(23)12-6-8-13(20)9-7-12/h6-9H,2-5,10H2,1H3,(H,21,22). The van der Waals surface area contributed by atoms with E-state index in [4.69, 9.17) is 4.74 Å². The molecule has 0 unspecified atom stereocenters. The van der Waals surface area contributed by atoms with Crippen LogP contribution in [0.15, 0.2) is 24.3 Å². The number of hydrogen-bond acceptors (Lipinski definition) is 5. The summed E-state index contributed by atoms with van der Waals surface area (Å²) in [6, 6.07) is 5.06. The van der Waals surface area contributed by atoms with Crippen molar-refractivity contribution >= 4 is 34.0 Å². The lowest BCUT2D eigenvalue weighted by molar-refractivity contribution is -0.114. The van der Waals surface area contributed by atoms with Crippen LogP contribution in [0, 0.1) is 5.82 Å². The van der Waals surface area contributed by atoms with Crippen molar-refractivity contribution in [2.45, 2.75) is 32.6 Å². The van der Waals surface area contributed by atoms with Crippen LogP contribution in [0.25, 0.3) is 0 Å². The van der Waals surface area contributed by atoms with Crippen LogP contribution in [-0.2, 0) is 22.4 Å². The largest absolute Gasteiger partial charge is 0.454 e. The average molecular weight is 375 g/mol. The molecule has 7 heteroatoms. The van der Waals surface area contributed by atoms with Crippen LogP contribution in [0.2, 0.25) is 0 Å². The van der Waals surface area contributed by atoms with E-state index < -0.39 is 24.2 Å². The van der Waals surface area contributed by atoms with E-state index in [1.54, 1.807) is 0 Å². The van der Waals surface area contributed by atoms with Crippen molar-refractivity contribution in [3.8, 4) is 0 Å². The molecule has 136 valence electrons. The van der Waals surface area contributed by atoms with Gasteiger partial charge in [-0.3, -0.25) is 9.59 Å². The summed E-state index contributed by atoms with van der Waals surface area (Å²) in [5.41, 5.74) is 1.53. The highest BCUT2D eigenvalue weighted by atomic mass is 32.1. The molecular weight excluding hydrogens is 357 g/mol. The number of ether oxygens (including phenoxy) is 1. The number of aryl methyl sites for hydroxylation is 1. The molecule has 0 bridgehead atoms. The van der Waals surface area contributed by atoms with Crippen molar-refractivity contribution in [2.24, 2.45) is 0 Å². The molecule has 0 saturated heterocycles. The minimum absolute atomic E-state index is 0.264. The third-order valence-corrected chi connectivity index (χ3v) is 5.37. The average Bonchev–Trinajstić information content (AvgIpc) is 2.97. The Morgan fingerprint density at radius 2 is 1.85 bits per heavy atom. The highest BCUT2D eigenvalue weighted by Gasteiger charge is 2.27. The van der Waals surface area contributed by atoms with Gasteiger partial charge in [0.15, 0.2) is 12.4 Å². The maximum atomic E-state index is 12.9. The van der Waals surface area contributed by atoms with Crippen LogP contribution in [0.3, 0.4) is 0 Å². The Morgan fingerprint density at radius 1 is 1.15 bits per heavy atom. The molecule has 1 aliphatic carbocycles. The number of hydrogen-bond donors (Lipinski definition) is 1. The lowest BCUT2D eigenvalue weighted by atomic mass is 9.95. The number of Topliss-reactive ketones (excluding diaryl/α,β-unsaturated/α-hetero) is 1. The van der Waals surface area contributed by atoms with Gasteiger partial charge in [-0.1, -0.05) is 0 Å². The highest BCUT2D eigenvalue weighted by molar-refractivity contribution is 7.17. The molecule has 0 saturated carbocycles. The van der Waals surface area contributed by atoms with Gasteiger partial charge in [-0.2, -0.15) is 0 Å². The highest BCUT2D eigenvalue weighted by Crippen LogP contribution is 2.38. The third-order valence-electron chi connectivity index (χ3n) is 4.17. The van der Waals surface area contributed by atoms with Gasteiger partial charge in [-0.25, -0.2) is 9.18 Å². The molecule has 1 aromatic carbocycles. The molecule has 0 atom stereocenters. The summed E-state index contributed by atoms with van der Waals surface area (Å²) in [5, 5.41) is 3.16. The van der Waals surface area contributed by atoms with E-state index in [2.05, 4.69) is 5.32 Å². The van der Waals surface area contributed by atoms with Gasteiger partial charge in [-0.15, -0.1) is 11.3 Å². The number of nitrogens with one attached hydrogen (secondary N) is 1. The van der Waals surface area contributed by atoms with Crippen molar-refractivity contribution in [1.29, 1.82) is 0 Å². The zero-order valence-electron chi connectivity index (χ0n) is 14.3. The number of thiophene rings is 1. The minimum Gasteiger partial charge on any atom is -0.454 e. The number of anilines is 1. The van der Waals surface area contributed by atoms with Crippen LogP contribution in [0.1, 0.15) is 50.9 Å². The second kappa shape index (κ2) is 7.78. The van der Waals surface area contributed by atoms with Gasteiger partial charge in [0.2, 0.25) is 5.91 Å². The summed E-state index contributed by atoms with van der Waals surface area (Å²) in [4.78, 5) is 37.2. The predicted octanol–water partition coefficient (Wildman–Crippen LogP) is 3.76. The Labute approximate surface area is 154 Å². The third kappa shape index (κ3) is 3.99. The number of amides is 1. The molecule has 5 nitrogen and oxygen atoms in total. The van der Waals surface area contributed by atoms with Gasteiger partial charge < -0.3 is 10.1 Å². The van der Waals surface area contributed by atoms with E-state index in [0.717, 1.165) is 36.1 Å². The number of rotatable bonds is 5. The van der Waals surface area contributed by atoms with Gasteiger partial charge in [0.05, 0.1) is 5.56 Å². The second-order valence-electron chi connectivity index (χ2n) is 6.10. The van der Waals surface area contributed by atoms with Gasteiger partial charge in [-0.05, 0) is 55.5 Å². The molecule has 0 fully saturated rings. The van der Waals surface area contributed by atoms with Crippen molar-refractivity contribution in [3.05, 3.63) is 51.7 Å². The van der Waals surface area contributed by atoms with Crippen molar-refractivity contribution in [2.75, 3.05) is 11.9 Å². The topological polar surface area (TPSA) is 72.5 Å². The first kappa shape index (κ1) is 18.3. The van der Waals surface area contributed by atoms with E-state index in [0.29, 0.717) is 10.6 Å². The number of halogens is 1. The number of carbonyl (C=O) groups excluding carboxylic acids is 3. The Bertz CT molecular complexity index is 857.